The van der Waals surface area contributed by atoms with Gasteiger partial charge in [0, 0.05) is 0 Å². The van der Waals surface area contributed by atoms with E-state index in [1.807, 2.05) is 0 Å². The van der Waals surface area contributed by atoms with E-state index in [-0.39, 0.29) is 0 Å². The van der Waals surface area contributed by atoms with E-state index in [1.54, 1.807) is 0 Å². The van der Waals surface area contributed by atoms with Crippen LogP contribution in [-0.4, -0.2) is 18.6 Å². The van der Waals surface area contributed by atoms with Crippen LogP contribution in [0.15, 0.2) is 11.4 Å². The van der Waals surface area contributed by atoms with Crippen LogP contribution in [0.3, 0.4) is 0 Å². The second-order valence-corrected chi connectivity index (χ2v) is 2.84. The molecule has 0 fully saturated rings. The first-order valence-electron chi connectivity index (χ1n) is 3.68. The monoisotopic (exact) mass is 177 g/mol. The molecule has 0 rings (SSSR count). The molecule has 70 valence electrons. The molecule has 0 radical (unpaired) electrons. The predicted octanol–water partition coefficient (Wildman–Crippen LogP) is 1.72. The summed E-state index contributed by atoms with van der Waals surface area (Å²) in [6, 6.07) is -0.636. The van der Waals surface area contributed by atoms with Crippen LogP contribution < -0.4 is 5.32 Å². The Balaban J connectivity index is 4.15. The van der Waals surface area contributed by atoms with Crippen molar-refractivity contribution in [2.24, 2.45) is 0 Å². The van der Waals surface area contributed by atoms with Crippen LogP contribution in [0.4, 0.5) is 8.78 Å². The maximum Gasteiger partial charge on any atom is 0.280 e. The summed E-state index contributed by atoms with van der Waals surface area (Å²) in [5, 5.41) is 2.16. The summed E-state index contributed by atoms with van der Waals surface area (Å²) >= 11 is 0. The fourth-order valence-corrected chi connectivity index (χ4v) is 0.553. The lowest BCUT2D eigenvalue weighted by atomic mass is 10.3. The number of carbonyl (C=O) groups excluding carboxylic acids is 1. The summed E-state index contributed by atoms with van der Waals surface area (Å²) < 4.78 is 24.6. The molecule has 0 spiro atoms. The van der Waals surface area contributed by atoms with Crippen LogP contribution in [-0.2, 0) is 4.79 Å². The Morgan fingerprint density at radius 1 is 1.50 bits per heavy atom. The van der Waals surface area contributed by atoms with Crippen LogP contribution in [0.1, 0.15) is 20.8 Å². The molecule has 4 heteroatoms. The predicted molar refractivity (Wildman–Crippen MR) is 43.1 cm³/mol. The van der Waals surface area contributed by atoms with E-state index in [0.29, 0.717) is 5.57 Å². The van der Waals surface area contributed by atoms with Crippen molar-refractivity contribution in [1.29, 1.82) is 0 Å². The van der Waals surface area contributed by atoms with Crippen LogP contribution in [0.2, 0.25) is 0 Å². The third-order valence-electron chi connectivity index (χ3n) is 1.25. The Bertz CT molecular complexity index is 197. The first kappa shape index (κ1) is 11.1. The third kappa shape index (κ3) is 3.46. The minimum Gasteiger partial charge on any atom is -0.345 e. The first-order chi connectivity index (χ1) is 5.49. The highest BCUT2D eigenvalue weighted by Crippen LogP contribution is 2.04. The zero-order valence-electron chi connectivity index (χ0n) is 7.45. The second kappa shape index (κ2) is 4.85. The van der Waals surface area contributed by atoms with Gasteiger partial charge in [-0.05, 0) is 26.3 Å². The Morgan fingerprint density at radius 2 is 2.00 bits per heavy atom. The Hall–Kier alpha value is -0.930. The summed E-state index contributed by atoms with van der Waals surface area (Å²) in [4.78, 5) is 10.8. The number of amides is 1. The molecule has 0 aliphatic carbocycles. The highest BCUT2D eigenvalue weighted by atomic mass is 19.1. The minimum absolute atomic E-state index is 0.290. The van der Waals surface area contributed by atoms with Crippen LogP contribution in [0.5, 0.6) is 0 Å². The molecule has 0 aliphatic rings. The molecule has 0 aromatic carbocycles. The number of allylic oxidation sites excluding steroid dienone is 1. The molecule has 1 atom stereocenters. The fraction of sp³-hybridized carbons (Fsp3) is 0.625. The summed E-state index contributed by atoms with van der Waals surface area (Å²) in [5.41, 5.74) is 0.290. The summed E-state index contributed by atoms with van der Waals surface area (Å²) in [6.45, 7) is 3.74. The van der Waals surface area contributed by atoms with E-state index in [2.05, 4.69) is 5.32 Å². The number of rotatable bonds is 3. The van der Waals surface area contributed by atoms with Crippen LogP contribution in [0.25, 0.3) is 0 Å². The molecular formula is C8H13F2NO. The summed E-state index contributed by atoms with van der Waals surface area (Å²) in [7, 11) is 0. The van der Waals surface area contributed by atoms with Crippen molar-refractivity contribution in [2.75, 3.05) is 6.67 Å². The van der Waals surface area contributed by atoms with E-state index < -0.39 is 24.5 Å². The van der Waals surface area contributed by atoms with Crippen molar-refractivity contribution < 1.29 is 13.6 Å². The van der Waals surface area contributed by atoms with Crippen molar-refractivity contribution in [3.8, 4) is 0 Å². The molecular weight excluding hydrogens is 164 g/mol. The Morgan fingerprint density at radius 3 is 2.33 bits per heavy atom. The van der Waals surface area contributed by atoms with E-state index in [9.17, 15) is 13.6 Å². The quantitative estimate of drug-likeness (QED) is 0.653. The number of carbonyl (C=O) groups is 1. The van der Waals surface area contributed by atoms with Gasteiger partial charge in [0.1, 0.15) is 6.67 Å². The molecule has 12 heavy (non-hydrogen) atoms. The lowest BCUT2D eigenvalue weighted by Crippen LogP contribution is -2.34. The molecule has 0 aromatic heterocycles. The molecule has 0 saturated carbocycles. The van der Waals surface area contributed by atoms with Gasteiger partial charge in [0.25, 0.3) is 5.91 Å². The van der Waals surface area contributed by atoms with Crippen LogP contribution >= 0.6 is 0 Å². The SMILES string of the molecule is CC(C)=C(F)C(=O)NC(C)CF. The van der Waals surface area contributed by atoms with Crippen LogP contribution in [0, 0.1) is 0 Å². The fourth-order valence-electron chi connectivity index (χ4n) is 0.553. The van der Waals surface area contributed by atoms with E-state index in [1.165, 1.54) is 20.8 Å². The smallest absolute Gasteiger partial charge is 0.280 e. The number of hydrogen-bond donors (Lipinski definition) is 1. The van der Waals surface area contributed by atoms with E-state index >= 15 is 0 Å². The molecule has 0 aliphatic heterocycles. The Labute approximate surface area is 70.6 Å². The van der Waals surface area contributed by atoms with E-state index in [4.69, 9.17) is 0 Å². The van der Waals surface area contributed by atoms with Crippen molar-refractivity contribution in [2.45, 2.75) is 26.8 Å². The highest BCUT2D eigenvalue weighted by molar-refractivity contribution is 5.91. The molecule has 1 unspecified atom stereocenters. The molecule has 2 nitrogen and oxygen atoms in total. The minimum atomic E-state index is -0.847. The van der Waals surface area contributed by atoms with Gasteiger partial charge in [0.05, 0.1) is 6.04 Å². The summed E-state index contributed by atoms with van der Waals surface area (Å²) in [5.74, 6) is -1.68. The largest absolute Gasteiger partial charge is 0.345 e. The van der Waals surface area contributed by atoms with Gasteiger partial charge in [0.2, 0.25) is 0 Å². The molecule has 1 N–H and O–H groups in total. The van der Waals surface area contributed by atoms with Gasteiger partial charge in [-0.2, -0.15) is 0 Å². The van der Waals surface area contributed by atoms with Crippen molar-refractivity contribution >= 4 is 5.91 Å². The third-order valence-corrected chi connectivity index (χ3v) is 1.25. The average Bonchev–Trinajstić information content (AvgIpc) is 2.02. The molecule has 0 saturated heterocycles. The van der Waals surface area contributed by atoms with Crippen molar-refractivity contribution in [1.82, 2.24) is 5.32 Å². The van der Waals surface area contributed by atoms with Gasteiger partial charge < -0.3 is 5.32 Å². The molecule has 0 aromatic rings. The zero-order valence-corrected chi connectivity index (χ0v) is 7.45. The number of halogens is 2. The highest BCUT2D eigenvalue weighted by Gasteiger charge is 2.12. The lowest BCUT2D eigenvalue weighted by Gasteiger charge is -2.08. The number of nitrogens with one attached hydrogen (secondary N) is 1. The zero-order chi connectivity index (χ0) is 9.72. The van der Waals surface area contributed by atoms with Gasteiger partial charge >= 0.3 is 0 Å². The maximum absolute atomic E-state index is 12.8. The molecule has 1 amide bonds. The van der Waals surface area contributed by atoms with Gasteiger partial charge in [-0.25, -0.2) is 8.78 Å². The Kier molecular flexibility index (Phi) is 4.47. The lowest BCUT2D eigenvalue weighted by molar-refractivity contribution is -0.119. The van der Waals surface area contributed by atoms with Gasteiger partial charge in [0.15, 0.2) is 5.83 Å². The van der Waals surface area contributed by atoms with Crippen molar-refractivity contribution in [3.05, 3.63) is 11.4 Å². The van der Waals surface area contributed by atoms with Gasteiger partial charge in [-0.15, -0.1) is 0 Å². The number of hydrogen-bond acceptors (Lipinski definition) is 1. The standard InChI is InChI=1S/C8H13F2NO/c1-5(2)7(10)8(12)11-6(3)4-9/h6H,4H2,1-3H3,(H,11,12). The van der Waals surface area contributed by atoms with Gasteiger partial charge in [-0.1, -0.05) is 0 Å². The topological polar surface area (TPSA) is 29.1 Å². The second-order valence-electron chi connectivity index (χ2n) is 2.84. The maximum atomic E-state index is 12.8. The van der Waals surface area contributed by atoms with E-state index in [0.717, 1.165) is 0 Å². The number of alkyl halides is 1. The normalized spacial score (nSPS) is 12.1. The average molecular weight is 177 g/mol. The van der Waals surface area contributed by atoms with Crippen molar-refractivity contribution in [3.63, 3.8) is 0 Å². The van der Waals surface area contributed by atoms with Gasteiger partial charge in [-0.3, -0.25) is 4.79 Å². The molecule has 0 bridgehead atoms. The molecule has 0 heterocycles. The first-order valence-corrected chi connectivity index (χ1v) is 3.68. The summed E-state index contributed by atoms with van der Waals surface area (Å²) in [6.07, 6.45) is 0.